The number of rotatable bonds is 4. The second-order valence-corrected chi connectivity index (χ2v) is 5.32. The maximum absolute atomic E-state index is 6.18. The Morgan fingerprint density at radius 2 is 2.06 bits per heavy atom. The molecule has 1 atom stereocenters. The van der Waals surface area contributed by atoms with Crippen molar-refractivity contribution in [2.24, 2.45) is 5.73 Å². The third kappa shape index (κ3) is 3.59. The lowest BCUT2D eigenvalue weighted by atomic mass is 10.1. The van der Waals surface area contributed by atoms with E-state index >= 15 is 0 Å². The van der Waals surface area contributed by atoms with Crippen molar-refractivity contribution in [1.29, 1.82) is 0 Å². The van der Waals surface area contributed by atoms with E-state index in [0.717, 1.165) is 48.3 Å². The number of benzene rings is 1. The minimum absolute atomic E-state index is 0.227. The number of nitrogens with two attached hydrogens (primary N) is 1. The molecule has 1 aliphatic rings. The van der Waals surface area contributed by atoms with Crippen molar-refractivity contribution >= 4 is 23.2 Å². The fourth-order valence-electron chi connectivity index (χ4n) is 2.19. The van der Waals surface area contributed by atoms with Gasteiger partial charge in [-0.05, 0) is 25.1 Å². The molecule has 1 aromatic carbocycles. The zero-order valence-corrected chi connectivity index (χ0v) is 11.8. The minimum Gasteiger partial charge on any atom is -0.376 e. The lowest BCUT2D eigenvalue weighted by molar-refractivity contribution is -0.0335. The summed E-state index contributed by atoms with van der Waals surface area (Å²) in [6.07, 6.45) is 1.12. The first-order chi connectivity index (χ1) is 8.70. The topological polar surface area (TPSA) is 38.5 Å². The molecule has 1 fully saturated rings. The van der Waals surface area contributed by atoms with Crippen molar-refractivity contribution in [2.45, 2.75) is 19.1 Å². The molecule has 5 heteroatoms. The Bertz CT molecular complexity index is 378. The highest BCUT2D eigenvalue weighted by Gasteiger charge is 2.21. The van der Waals surface area contributed by atoms with Crippen LogP contribution in [0.4, 0.5) is 0 Å². The standard InChI is InChI=1S/C13H18Cl2N2O/c14-12-2-1-3-13(15)11(12)9-17-6-7-18-10(8-17)4-5-16/h1-3,10H,4-9,16H2. The van der Waals surface area contributed by atoms with Crippen molar-refractivity contribution in [3.63, 3.8) is 0 Å². The first-order valence-corrected chi connectivity index (χ1v) is 6.93. The summed E-state index contributed by atoms with van der Waals surface area (Å²) >= 11 is 12.4. The quantitative estimate of drug-likeness (QED) is 0.925. The normalized spacial score (nSPS) is 21.2. The average Bonchev–Trinajstić information content (AvgIpc) is 2.35. The molecule has 1 saturated heterocycles. The fraction of sp³-hybridized carbons (Fsp3) is 0.538. The highest BCUT2D eigenvalue weighted by atomic mass is 35.5. The molecule has 1 aromatic rings. The molecule has 1 aliphatic heterocycles. The lowest BCUT2D eigenvalue weighted by Crippen LogP contribution is -2.42. The smallest absolute Gasteiger partial charge is 0.0714 e. The van der Waals surface area contributed by atoms with Gasteiger partial charge in [0.05, 0.1) is 12.7 Å². The van der Waals surface area contributed by atoms with Crippen LogP contribution < -0.4 is 5.73 Å². The van der Waals surface area contributed by atoms with E-state index in [-0.39, 0.29) is 6.10 Å². The van der Waals surface area contributed by atoms with Crippen LogP contribution in [0.25, 0.3) is 0 Å². The van der Waals surface area contributed by atoms with Gasteiger partial charge in [0.25, 0.3) is 0 Å². The Kier molecular flexibility index (Phi) is 5.27. The molecule has 0 spiro atoms. The van der Waals surface area contributed by atoms with Crippen molar-refractivity contribution in [3.05, 3.63) is 33.8 Å². The summed E-state index contributed by atoms with van der Waals surface area (Å²) in [6, 6.07) is 5.62. The molecule has 2 rings (SSSR count). The van der Waals surface area contributed by atoms with Gasteiger partial charge in [0.1, 0.15) is 0 Å². The molecule has 0 aromatic heterocycles. The number of morpholine rings is 1. The molecule has 0 saturated carbocycles. The van der Waals surface area contributed by atoms with E-state index in [4.69, 9.17) is 33.7 Å². The third-order valence-electron chi connectivity index (χ3n) is 3.15. The van der Waals surface area contributed by atoms with Crippen molar-refractivity contribution < 1.29 is 4.74 Å². The van der Waals surface area contributed by atoms with E-state index in [1.165, 1.54) is 0 Å². The third-order valence-corrected chi connectivity index (χ3v) is 3.86. The van der Waals surface area contributed by atoms with E-state index < -0.39 is 0 Å². The summed E-state index contributed by atoms with van der Waals surface area (Å²) in [6.45, 7) is 3.96. The second kappa shape index (κ2) is 6.73. The number of hydrogen-bond donors (Lipinski definition) is 1. The van der Waals surface area contributed by atoms with Gasteiger partial charge in [0, 0.05) is 35.2 Å². The van der Waals surface area contributed by atoms with Crippen LogP contribution in [-0.2, 0) is 11.3 Å². The van der Waals surface area contributed by atoms with Gasteiger partial charge in [0.2, 0.25) is 0 Å². The van der Waals surface area contributed by atoms with Crippen LogP contribution in [0.1, 0.15) is 12.0 Å². The summed E-state index contributed by atoms with van der Waals surface area (Å²) in [5, 5.41) is 1.45. The lowest BCUT2D eigenvalue weighted by Gasteiger charge is -2.33. The average molecular weight is 289 g/mol. The van der Waals surface area contributed by atoms with E-state index in [0.29, 0.717) is 6.54 Å². The van der Waals surface area contributed by atoms with Crippen molar-refractivity contribution in [3.8, 4) is 0 Å². The largest absolute Gasteiger partial charge is 0.376 e. The summed E-state index contributed by atoms with van der Waals surface area (Å²) in [4.78, 5) is 2.32. The van der Waals surface area contributed by atoms with Gasteiger partial charge in [-0.15, -0.1) is 0 Å². The Hall–Kier alpha value is -0.320. The Labute approximate surface area is 118 Å². The number of nitrogens with zero attached hydrogens (tertiary/aromatic N) is 1. The van der Waals surface area contributed by atoms with Crippen LogP contribution in [0.2, 0.25) is 10.0 Å². The monoisotopic (exact) mass is 288 g/mol. The molecule has 100 valence electrons. The first-order valence-electron chi connectivity index (χ1n) is 6.17. The SMILES string of the molecule is NCCC1CN(Cc2c(Cl)cccc2Cl)CCO1. The summed E-state index contributed by atoms with van der Waals surface area (Å²) < 4.78 is 5.66. The molecule has 1 heterocycles. The van der Waals surface area contributed by atoms with Crippen LogP contribution in [0.5, 0.6) is 0 Å². The van der Waals surface area contributed by atoms with Gasteiger partial charge in [-0.25, -0.2) is 0 Å². The highest BCUT2D eigenvalue weighted by Crippen LogP contribution is 2.26. The molecule has 1 unspecified atom stereocenters. The Morgan fingerprint density at radius 1 is 1.33 bits per heavy atom. The molecule has 0 aliphatic carbocycles. The van der Waals surface area contributed by atoms with Crippen LogP contribution in [0.15, 0.2) is 18.2 Å². The number of ether oxygens (including phenoxy) is 1. The molecule has 3 nitrogen and oxygen atoms in total. The van der Waals surface area contributed by atoms with Gasteiger partial charge in [-0.2, -0.15) is 0 Å². The van der Waals surface area contributed by atoms with Crippen LogP contribution in [-0.4, -0.2) is 37.2 Å². The summed E-state index contributed by atoms with van der Waals surface area (Å²) in [7, 11) is 0. The predicted octanol–water partition coefficient (Wildman–Crippen LogP) is 2.54. The zero-order chi connectivity index (χ0) is 13.0. The van der Waals surface area contributed by atoms with E-state index in [1.807, 2.05) is 18.2 Å². The number of hydrogen-bond acceptors (Lipinski definition) is 3. The highest BCUT2D eigenvalue weighted by molar-refractivity contribution is 6.35. The first kappa shape index (κ1) is 14.1. The predicted molar refractivity (Wildman–Crippen MR) is 75.2 cm³/mol. The molecular weight excluding hydrogens is 271 g/mol. The maximum Gasteiger partial charge on any atom is 0.0714 e. The molecule has 0 bridgehead atoms. The van der Waals surface area contributed by atoms with Gasteiger partial charge < -0.3 is 10.5 Å². The molecule has 18 heavy (non-hydrogen) atoms. The van der Waals surface area contributed by atoms with Crippen LogP contribution in [0.3, 0.4) is 0 Å². The Balaban J connectivity index is 2.00. The second-order valence-electron chi connectivity index (χ2n) is 4.51. The molecular formula is C13H18Cl2N2O. The van der Waals surface area contributed by atoms with Crippen molar-refractivity contribution in [2.75, 3.05) is 26.2 Å². The van der Waals surface area contributed by atoms with Crippen LogP contribution >= 0.6 is 23.2 Å². The maximum atomic E-state index is 6.18. The van der Waals surface area contributed by atoms with Gasteiger partial charge >= 0.3 is 0 Å². The van der Waals surface area contributed by atoms with E-state index in [9.17, 15) is 0 Å². The van der Waals surface area contributed by atoms with Gasteiger partial charge in [0.15, 0.2) is 0 Å². The number of halogens is 2. The minimum atomic E-state index is 0.227. The molecule has 2 N–H and O–H groups in total. The van der Waals surface area contributed by atoms with Gasteiger partial charge in [-0.3, -0.25) is 4.90 Å². The van der Waals surface area contributed by atoms with Crippen molar-refractivity contribution in [1.82, 2.24) is 4.90 Å². The van der Waals surface area contributed by atoms with Crippen LogP contribution in [0, 0.1) is 0 Å². The zero-order valence-electron chi connectivity index (χ0n) is 10.2. The van der Waals surface area contributed by atoms with Gasteiger partial charge in [-0.1, -0.05) is 29.3 Å². The van der Waals surface area contributed by atoms with E-state index in [2.05, 4.69) is 4.90 Å². The summed E-state index contributed by atoms with van der Waals surface area (Å²) in [5.74, 6) is 0. The summed E-state index contributed by atoms with van der Waals surface area (Å²) in [5.41, 5.74) is 6.56. The van der Waals surface area contributed by atoms with E-state index in [1.54, 1.807) is 0 Å². The molecule has 0 amide bonds. The fourth-order valence-corrected chi connectivity index (χ4v) is 2.71. The molecule has 0 radical (unpaired) electrons. The Morgan fingerprint density at radius 3 is 2.72 bits per heavy atom.